The van der Waals surface area contributed by atoms with E-state index in [0.29, 0.717) is 6.54 Å². The highest BCUT2D eigenvalue weighted by molar-refractivity contribution is 7.89. The summed E-state index contributed by atoms with van der Waals surface area (Å²) in [6.45, 7) is 0.396. The van der Waals surface area contributed by atoms with Crippen LogP contribution >= 0.6 is 0 Å². The highest BCUT2D eigenvalue weighted by atomic mass is 32.2. The third kappa shape index (κ3) is 2.68. The van der Waals surface area contributed by atoms with Crippen LogP contribution in [-0.4, -0.2) is 49.0 Å². The Morgan fingerprint density at radius 3 is 2.50 bits per heavy atom. The second-order valence-corrected chi connectivity index (χ2v) is 7.38. The van der Waals surface area contributed by atoms with E-state index >= 15 is 0 Å². The number of nitrogens with two attached hydrogens (primary N) is 1. The van der Waals surface area contributed by atoms with Gasteiger partial charge in [-0.1, -0.05) is 12.8 Å². The molecule has 114 valence electrons. The topological polar surface area (TPSA) is 93.2 Å². The molecule has 1 fully saturated rings. The van der Waals surface area contributed by atoms with Gasteiger partial charge in [0.1, 0.15) is 0 Å². The molecule has 0 atom stereocenters. The summed E-state index contributed by atoms with van der Waals surface area (Å²) in [6.07, 6.45) is 5.68. The Morgan fingerprint density at radius 2 is 2.05 bits per heavy atom. The Labute approximate surface area is 120 Å². The van der Waals surface area contributed by atoms with Gasteiger partial charge in [-0.2, -0.15) is 0 Å². The number of sulfonamides is 1. The maximum atomic E-state index is 12.4. The molecule has 0 bridgehead atoms. The van der Waals surface area contributed by atoms with Gasteiger partial charge in [-0.15, -0.1) is 0 Å². The van der Waals surface area contributed by atoms with Gasteiger partial charge in [0.05, 0.1) is 6.33 Å². The molecule has 2 rings (SSSR count). The SMILES string of the molecule is CN(C)C1(CNS(=O)(=O)c2c(N)ncn2C)CCCC1. The van der Waals surface area contributed by atoms with Crippen LogP contribution < -0.4 is 10.5 Å². The number of anilines is 1. The fourth-order valence-electron chi connectivity index (χ4n) is 2.88. The highest BCUT2D eigenvalue weighted by Crippen LogP contribution is 2.33. The molecule has 20 heavy (non-hydrogen) atoms. The molecular weight excluding hydrogens is 278 g/mol. The van der Waals surface area contributed by atoms with Gasteiger partial charge in [0.2, 0.25) is 0 Å². The highest BCUT2D eigenvalue weighted by Gasteiger charge is 2.37. The number of imidazole rings is 1. The summed E-state index contributed by atoms with van der Waals surface area (Å²) in [4.78, 5) is 5.95. The van der Waals surface area contributed by atoms with Gasteiger partial charge in [0.25, 0.3) is 10.0 Å². The van der Waals surface area contributed by atoms with E-state index in [1.165, 1.54) is 10.9 Å². The monoisotopic (exact) mass is 301 g/mol. The van der Waals surface area contributed by atoms with Crippen LogP contribution in [0.25, 0.3) is 0 Å². The largest absolute Gasteiger partial charge is 0.381 e. The minimum absolute atomic E-state index is 0.0319. The van der Waals surface area contributed by atoms with E-state index in [2.05, 4.69) is 14.6 Å². The van der Waals surface area contributed by atoms with Gasteiger partial charge >= 0.3 is 0 Å². The van der Waals surface area contributed by atoms with Gasteiger partial charge in [0, 0.05) is 19.1 Å². The third-order valence-corrected chi connectivity index (χ3v) is 5.77. The van der Waals surface area contributed by atoms with E-state index in [1.807, 2.05) is 14.1 Å². The van der Waals surface area contributed by atoms with Crippen molar-refractivity contribution in [1.82, 2.24) is 19.2 Å². The van der Waals surface area contributed by atoms with Crippen molar-refractivity contribution in [2.75, 3.05) is 26.4 Å². The number of nitrogens with one attached hydrogen (secondary N) is 1. The predicted molar refractivity (Wildman–Crippen MR) is 77.7 cm³/mol. The van der Waals surface area contributed by atoms with Gasteiger partial charge in [-0.25, -0.2) is 18.1 Å². The van der Waals surface area contributed by atoms with Crippen molar-refractivity contribution in [2.24, 2.45) is 7.05 Å². The van der Waals surface area contributed by atoms with E-state index < -0.39 is 10.0 Å². The second-order valence-electron chi connectivity index (χ2n) is 5.70. The van der Waals surface area contributed by atoms with Gasteiger partial charge in [-0.05, 0) is 26.9 Å². The number of hydrogen-bond donors (Lipinski definition) is 2. The van der Waals surface area contributed by atoms with E-state index in [0.717, 1.165) is 25.7 Å². The first-order valence-electron chi connectivity index (χ1n) is 6.72. The van der Waals surface area contributed by atoms with E-state index in [-0.39, 0.29) is 16.4 Å². The lowest BCUT2D eigenvalue weighted by Gasteiger charge is -2.36. The molecule has 0 amide bonds. The number of aryl methyl sites for hydroxylation is 1. The van der Waals surface area contributed by atoms with Crippen molar-refractivity contribution in [3.63, 3.8) is 0 Å². The molecule has 1 aromatic heterocycles. The van der Waals surface area contributed by atoms with E-state index in [9.17, 15) is 8.42 Å². The first-order chi connectivity index (χ1) is 9.28. The summed E-state index contributed by atoms with van der Waals surface area (Å²) in [6, 6.07) is 0. The van der Waals surface area contributed by atoms with Crippen LogP contribution in [0.3, 0.4) is 0 Å². The summed E-state index contributed by atoms with van der Waals surface area (Å²) >= 11 is 0. The minimum Gasteiger partial charge on any atom is -0.381 e. The van der Waals surface area contributed by atoms with Crippen molar-refractivity contribution in [2.45, 2.75) is 36.2 Å². The maximum absolute atomic E-state index is 12.4. The molecule has 0 radical (unpaired) electrons. The smallest absolute Gasteiger partial charge is 0.260 e. The minimum atomic E-state index is -3.64. The molecule has 0 aliphatic heterocycles. The molecule has 1 heterocycles. The van der Waals surface area contributed by atoms with Crippen molar-refractivity contribution < 1.29 is 8.42 Å². The summed E-state index contributed by atoms with van der Waals surface area (Å²) < 4.78 is 28.9. The Morgan fingerprint density at radius 1 is 1.45 bits per heavy atom. The van der Waals surface area contributed by atoms with E-state index in [4.69, 9.17) is 5.73 Å². The van der Waals surface area contributed by atoms with Crippen molar-refractivity contribution in [3.05, 3.63) is 6.33 Å². The first-order valence-corrected chi connectivity index (χ1v) is 8.21. The predicted octanol–water partition coefficient (Wildman–Crippen LogP) is 0.155. The normalized spacial score (nSPS) is 18.8. The Kier molecular flexibility index (Phi) is 4.08. The molecule has 0 aromatic carbocycles. The van der Waals surface area contributed by atoms with Crippen molar-refractivity contribution in [1.29, 1.82) is 0 Å². The van der Waals surface area contributed by atoms with Crippen LogP contribution in [0, 0.1) is 0 Å². The van der Waals surface area contributed by atoms with Crippen LogP contribution in [0.4, 0.5) is 5.82 Å². The quantitative estimate of drug-likeness (QED) is 0.808. The second kappa shape index (κ2) is 5.34. The lowest BCUT2D eigenvalue weighted by atomic mass is 9.97. The van der Waals surface area contributed by atoms with Gasteiger partial charge < -0.3 is 15.2 Å². The summed E-state index contributed by atoms with van der Waals surface area (Å²) in [7, 11) is 1.98. The fraction of sp³-hybridized carbons (Fsp3) is 0.750. The van der Waals surface area contributed by atoms with Crippen LogP contribution in [0.15, 0.2) is 11.4 Å². The number of nitrogen functional groups attached to an aromatic ring is 1. The number of hydrogen-bond acceptors (Lipinski definition) is 5. The molecule has 1 aliphatic rings. The van der Waals surface area contributed by atoms with Crippen molar-refractivity contribution in [3.8, 4) is 0 Å². The fourth-order valence-corrected chi connectivity index (χ4v) is 4.23. The summed E-state index contributed by atoms with van der Waals surface area (Å²) in [5.41, 5.74) is 5.55. The average molecular weight is 301 g/mol. The molecular formula is C12H23N5O2S. The van der Waals surface area contributed by atoms with Crippen LogP contribution in [-0.2, 0) is 17.1 Å². The van der Waals surface area contributed by atoms with Crippen molar-refractivity contribution >= 4 is 15.8 Å². The molecule has 8 heteroatoms. The van der Waals surface area contributed by atoms with Gasteiger partial charge in [0.15, 0.2) is 10.8 Å². The van der Waals surface area contributed by atoms with Crippen LogP contribution in [0.1, 0.15) is 25.7 Å². The lowest BCUT2D eigenvalue weighted by molar-refractivity contribution is 0.162. The number of nitrogens with zero attached hydrogens (tertiary/aromatic N) is 3. The lowest BCUT2D eigenvalue weighted by Crippen LogP contribution is -2.50. The zero-order valence-corrected chi connectivity index (χ0v) is 13.1. The Bertz CT molecular complexity index is 553. The van der Waals surface area contributed by atoms with Crippen LogP contribution in [0.2, 0.25) is 0 Å². The standard InChI is InChI=1S/C12H23N5O2S/c1-16(2)12(6-4-5-7-12)8-15-20(18,19)11-10(13)14-9-17(11)3/h9,15H,4-8,13H2,1-3H3. The molecule has 0 spiro atoms. The van der Waals surface area contributed by atoms with Gasteiger partial charge in [-0.3, -0.25) is 0 Å². The van der Waals surface area contributed by atoms with Crippen LogP contribution in [0.5, 0.6) is 0 Å². The maximum Gasteiger partial charge on any atom is 0.260 e. The molecule has 0 saturated heterocycles. The molecule has 7 nitrogen and oxygen atoms in total. The summed E-state index contributed by atoms with van der Waals surface area (Å²) in [5, 5.41) is 0.0319. The Balaban J connectivity index is 2.17. The Hall–Kier alpha value is -1.12. The molecule has 1 aromatic rings. The third-order valence-electron chi connectivity index (χ3n) is 4.24. The molecule has 1 saturated carbocycles. The number of aromatic nitrogens is 2. The number of likely N-dealkylation sites (N-methyl/N-ethyl adjacent to an activating group) is 1. The number of rotatable bonds is 5. The molecule has 1 aliphatic carbocycles. The van der Waals surface area contributed by atoms with E-state index in [1.54, 1.807) is 7.05 Å². The molecule has 0 unspecified atom stereocenters. The molecule has 3 N–H and O–H groups in total. The average Bonchev–Trinajstić information content (AvgIpc) is 2.95. The zero-order valence-electron chi connectivity index (χ0n) is 12.3. The zero-order chi connectivity index (χ0) is 15.0. The summed E-state index contributed by atoms with van der Waals surface area (Å²) in [5.74, 6) is 0.0327. The first kappa shape index (κ1) is 15.3.